The minimum Gasteiger partial charge on any atom is -0.357 e. The first-order valence-corrected chi connectivity index (χ1v) is 8.46. The summed E-state index contributed by atoms with van der Waals surface area (Å²) in [5.74, 6) is -0.925. The summed E-state index contributed by atoms with van der Waals surface area (Å²) in [4.78, 5) is 20.5. The number of ether oxygens (including phenoxy) is 1. The summed E-state index contributed by atoms with van der Waals surface area (Å²) in [5.41, 5.74) is 6.12. The molecular weight excluding hydrogens is 337 g/mol. The number of halogens is 1. The minimum absolute atomic E-state index is 0.102. The Kier molecular flexibility index (Phi) is 5.43. The van der Waals surface area contributed by atoms with E-state index >= 15 is 0 Å². The number of aromatic nitrogens is 1. The van der Waals surface area contributed by atoms with Gasteiger partial charge in [-0.05, 0) is 26.0 Å². The number of carbonyl (C=O) groups excluding carboxylic acids is 1. The van der Waals surface area contributed by atoms with Gasteiger partial charge in [-0.1, -0.05) is 5.57 Å². The molecule has 138 valence electrons. The largest absolute Gasteiger partial charge is 0.357 e. The van der Waals surface area contributed by atoms with Gasteiger partial charge < -0.3 is 15.1 Å². The summed E-state index contributed by atoms with van der Waals surface area (Å²) in [6.45, 7) is 4.58. The first kappa shape index (κ1) is 18.2. The molecule has 2 aliphatic heterocycles. The van der Waals surface area contributed by atoms with Crippen LogP contribution in [0.1, 0.15) is 20.3 Å². The van der Waals surface area contributed by atoms with Crippen LogP contribution in [0.25, 0.3) is 0 Å². The summed E-state index contributed by atoms with van der Waals surface area (Å²) in [7, 11) is 1.83. The van der Waals surface area contributed by atoms with Gasteiger partial charge in [0.2, 0.25) is 5.91 Å². The van der Waals surface area contributed by atoms with Crippen LogP contribution in [0.5, 0.6) is 0 Å². The number of rotatable bonds is 5. The monoisotopic (exact) mass is 359 g/mol. The van der Waals surface area contributed by atoms with E-state index in [1.165, 1.54) is 12.3 Å². The van der Waals surface area contributed by atoms with Crippen molar-refractivity contribution in [2.24, 2.45) is 4.99 Å². The number of nitrogens with zero attached hydrogens (tertiary/aromatic N) is 3. The molecule has 2 aliphatic rings. The molecule has 2 atom stereocenters. The number of anilines is 1. The van der Waals surface area contributed by atoms with E-state index in [9.17, 15) is 9.18 Å². The van der Waals surface area contributed by atoms with Crippen molar-refractivity contribution in [3.05, 3.63) is 47.2 Å². The summed E-state index contributed by atoms with van der Waals surface area (Å²) < 4.78 is 19.2. The molecule has 0 spiro atoms. The number of carbonyl (C=O) groups is 1. The third-order valence-corrected chi connectivity index (χ3v) is 4.28. The Balaban J connectivity index is 1.74. The van der Waals surface area contributed by atoms with Crippen LogP contribution in [0.2, 0.25) is 0 Å². The fraction of sp³-hybridized carbons (Fsp3) is 0.389. The molecule has 0 bridgehead atoms. The maximum atomic E-state index is 13.7. The number of hydrogen-bond acceptors (Lipinski definition) is 6. The average Bonchev–Trinajstić information content (AvgIpc) is 2.99. The van der Waals surface area contributed by atoms with E-state index in [4.69, 9.17) is 4.74 Å². The lowest BCUT2D eigenvalue weighted by Crippen LogP contribution is -2.41. The standard InChI is InChI=1S/C18H22FN5O2/c1-4-26-17-7-11(2)12(9-21-17)16-8-15(23-24(16)3)18(25)22-14-5-6-20-10-13(14)19/h5-6,8-10,15,17,23H,4,7H2,1-3H3,(H,20,22,25). The van der Waals surface area contributed by atoms with Crippen LogP contribution in [-0.4, -0.2) is 48.0 Å². The predicted molar refractivity (Wildman–Crippen MR) is 96.8 cm³/mol. The highest BCUT2D eigenvalue weighted by atomic mass is 19.1. The van der Waals surface area contributed by atoms with Crippen molar-refractivity contribution in [3.63, 3.8) is 0 Å². The Morgan fingerprint density at radius 2 is 2.35 bits per heavy atom. The molecule has 2 unspecified atom stereocenters. The molecule has 0 saturated carbocycles. The van der Waals surface area contributed by atoms with E-state index in [1.807, 2.05) is 20.9 Å². The van der Waals surface area contributed by atoms with Gasteiger partial charge in [0.1, 0.15) is 6.04 Å². The molecule has 0 aliphatic carbocycles. The lowest BCUT2D eigenvalue weighted by atomic mass is 10.0. The van der Waals surface area contributed by atoms with Crippen molar-refractivity contribution in [1.29, 1.82) is 0 Å². The van der Waals surface area contributed by atoms with Crippen molar-refractivity contribution in [2.75, 3.05) is 19.0 Å². The maximum Gasteiger partial charge on any atom is 0.247 e. The zero-order valence-corrected chi connectivity index (χ0v) is 15.0. The van der Waals surface area contributed by atoms with Crippen LogP contribution in [-0.2, 0) is 9.53 Å². The molecule has 8 heteroatoms. The predicted octanol–water partition coefficient (Wildman–Crippen LogP) is 2.02. The third-order valence-electron chi connectivity index (χ3n) is 4.28. The van der Waals surface area contributed by atoms with Crippen LogP contribution >= 0.6 is 0 Å². The Morgan fingerprint density at radius 3 is 3.04 bits per heavy atom. The Bertz CT molecular complexity index is 790. The highest BCUT2D eigenvalue weighted by molar-refractivity contribution is 5.97. The van der Waals surface area contributed by atoms with Crippen molar-refractivity contribution in [2.45, 2.75) is 32.5 Å². The van der Waals surface area contributed by atoms with Gasteiger partial charge in [-0.25, -0.2) is 9.82 Å². The first-order chi connectivity index (χ1) is 12.5. The summed E-state index contributed by atoms with van der Waals surface area (Å²) in [6, 6.07) is 0.811. The van der Waals surface area contributed by atoms with Crippen LogP contribution in [0.3, 0.4) is 0 Å². The van der Waals surface area contributed by atoms with Gasteiger partial charge in [0.15, 0.2) is 12.0 Å². The van der Waals surface area contributed by atoms with E-state index in [0.717, 1.165) is 23.0 Å². The van der Waals surface area contributed by atoms with E-state index in [2.05, 4.69) is 20.7 Å². The molecule has 0 saturated heterocycles. The topological polar surface area (TPSA) is 78.8 Å². The molecule has 7 nitrogen and oxygen atoms in total. The number of likely N-dealkylation sites (N-methyl/N-ethyl adjacent to an activating group) is 1. The number of hydrazine groups is 1. The molecule has 2 N–H and O–H groups in total. The molecule has 1 amide bonds. The number of dihydropyridines is 1. The summed E-state index contributed by atoms with van der Waals surface area (Å²) in [6.07, 6.45) is 6.64. The molecule has 1 aromatic rings. The van der Waals surface area contributed by atoms with Crippen molar-refractivity contribution >= 4 is 17.8 Å². The quantitative estimate of drug-likeness (QED) is 0.841. The van der Waals surface area contributed by atoms with E-state index < -0.39 is 11.9 Å². The van der Waals surface area contributed by atoms with E-state index in [0.29, 0.717) is 13.0 Å². The van der Waals surface area contributed by atoms with E-state index in [1.54, 1.807) is 17.3 Å². The zero-order chi connectivity index (χ0) is 18.7. The Morgan fingerprint density at radius 1 is 1.54 bits per heavy atom. The molecule has 3 heterocycles. The average molecular weight is 359 g/mol. The highest BCUT2D eigenvalue weighted by Crippen LogP contribution is 2.27. The molecule has 0 fully saturated rings. The summed E-state index contributed by atoms with van der Waals surface area (Å²) in [5, 5.41) is 4.35. The van der Waals surface area contributed by atoms with Gasteiger partial charge in [-0.2, -0.15) is 0 Å². The number of aliphatic imine (C=N–C) groups is 1. The van der Waals surface area contributed by atoms with Gasteiger partial charge >= 0.3 is 0 Å². The fourth-order valence-corrected chi connectivity index (χ4v) is 2.95. The zero-order valence-electron chi connectivity index (χ0n) is 15.0. The number of hydrogen-bond donors (Lipinski definition) is 2. The second kappa shape index (κ2) is 7.76. The van der Waals surface area contributed by atoms with Crippen LogP contribution in [0.4, 0.5) is 10.1 Å². The molecule has 1 aromatic heterocycles. The van der Waals surface area contributed by atoms with Gasteiger partial charge in [0.05, 0.1) is 17.6 Å². The number of nitrogens with one attached hydrogen (secondary N) is 2. The van der Waals surface area contributed by atoms with Crippen LogP contribution in [0, 0.1) is 5.82 Å². The first-order valence-electron chi connectivity index (χ1n) is 8.46. The minimum atomic E-state index is -0.610. The normalized spacial score (nSPS) is 22.6. The second-order valence-electron chi connectivity index (χ2n) is 6.15. The summed E-state index contributed by atoms with van der Waals surface area (Å²) >= 11 is 0. The molecule has 26 heavy (non-hydrogen) atoms. The molecule has 0 aromatic carbocycles. The van der Waals surface area contributed by atoms with Crippen LogP contribution < -0.4 is 10.7 Å². The molecule has 3 rings (SSSR count). The second-order valence-corrected chi connectivity index (χ2v) is 6.15. The van der Waals surface area contributed by atoms with Crippen molar-refractivity contribution in [1.82, 2.24) is 15.4 Å². The van der Waals surface area contributed by atoms with Gasteiger partial charge in [0.25, 0.3) is 0 Å². The van der Waals surface area contributed by atoms with Gasteiger partial charge in [-0.15, -0.1) is 0 Å². The smallest absolute Gasteiger partial charge is 0.247 e. The SMILES string of the molecule is CCOC1CC(C)=C(C2=CC(C(=O)Nc3ccncc3F)NN2C)C=N1. The number of allylic oxidation sites excluding steroid dienone is 1. The Labute approximate surface area is 151 Å². The van der Waals surface area contributed by atoms with Crippen LogP contribution in [0.15, 0.2) is 46.4 Å². The highest BCUT2D eigenvalue weighted by Gasteiger charge is 2.29. The Hall–Kier alpha value is -2.58. The number of pyridine rings is 1. The van der Waals surface area contributed by atoms with Crippen molar-refractivity contribution in [3.8, 4) is 0 Å². The molecular formula is C18H22FN5O2. The lowest BCUT2D eigenvalue weighted by Gasteiger charge is -2.24. The van der Waals surface area contributed by atoms with Gasteiger partial charge in [0, 0.05) is 38.1 Å². The maximum absolute atomic E-state index is 13.7. The fourth-order valence-electron chi connectivity index (χ4n) is 2.95. The van der Waals surface area contributed by atoms with E-state index in [-0.39, 0.29) is 17.8 Å². The third kappa shape index (κ3) is 3.81. The lowest BCUT2D eigenvalue weighted by molar-refractivity contribution is -0.117. The number of amides is 1. The van der Waals surface area contributed by atoms with Crippen molar-refractivity contribution < 1.29 is 13.9 Å². The van der Waals surface area contributed by atoms with Gasteiger partial charge in [-0.3, -0.25) is 14.8 Å². The molecule has 0 radical (unpaired) electrons.